The number of para-hydroxylation sites is 1. The van der Waals surface area contributed by atoms with Crippen molar-refractivity contribution in [3.63, 3.8) is 0 Å². The van der Waals surface area contributed by atoms with Gasteiger partial charge in [0.25, 0.3) is 5.91 Å². The highest BCUT2D eigenvalue weighted by atomic mass is 16.5. The van der Waals surface area contributed by atoms with Gasteiger partial charge in [0.15, 0.2) is 5.43 Å². The second-order valence-electron chi connectivity index (χ2n) is 7.54. The highest BCUT2D eigenvalue weighted by molar-refractivity contribution is 6.10. The molecule has 1 aromatic heterocycles. The molecule has 2 heterocycles. The molecule has 1 unspecified atom stereocenters. The van der Waals surface area contributed by atoms with Crippen LogP contribution >= 0.6 is 0 Å². The van der Waals surface area contributed by atoms with Crippen LogP contribution in [0.5, 0.6) is 5.75 Å². The number of rotatable bonds is 4. The molecule has 0 radical (unpaired) electrons. The van der Waals surface area contributed by atoms with Crippen LogP contribution < -0.4 is 15.1 Å². The molecule has 5 heteroatoms. The molecular weight excluding hydrogens is 390 g/mol. The van der Waals surface area contributed by atoms with Gasteiger partial charge in [0.05, 0.1) is 24.1 Å². The first kappa shape index (κ1) is 19.1. The summed E-state index contributed by atoms with van der Waals surface area (Å²) in [6.07, 6.45) is 0.910. The monoisotopic (exact) mass is 411 g/mol. The third kappa shape index (κ3) is 3.01. The Kier molecular flexibility index (Phi) is 4.59. The summed E-state index contributed by atoms with van der Waals surface area (Å²) < 4.78 is 11.3. The lowest BCUT2D eigenvalue weighted by molar-refractivity contribution is 0.0971. The summed E-state index contributed by atoms with van der Waals surface area (Å²) in [5, 5.41) is 0.469. The van der Waals surface area contributed by atoms with E-state index < -0.39 is 6.04 Å². The zero-order valence-electron chi connectivity index (χ0n) is 17.3. The van der Waals surface area contributed by atoms with Crippen molar-refractivity contribution in [3.05, 3.63) is 105 Å². The van der Waals surface area contributed by atoms with E-state index in [1.165, 1.54) is 5.56 Å². The van der Waals surface area contributed by atoms with Crippen LogP contribution in [0.3, 0.4) is 0 Å². The zero-order chi connectivity index (χ0) is 21.5. The lowest BCUT2D eigenvalue weighted by Gasteiger charge is -2.25. The maximum Gasteiger partial charge on any atom is 0.295 e. The number of carbonyl (C=O) groups excluding carboxylic acids is 1. The third-order valence-corrected chi connectivity index (χ3v) is 5.81. The van der Waals surface area contributed by atoms with E-state index in [1.54, 1.807) is 42.3 Å². The summed E-state index contributed by atoms with van der Waals surface area (Å²) in [4.78, 5) is 28.7. The van der Waals surface area contributed by atoms with Gasteiger partial charge in [-0.15, -0.1) is 0 Å². The van der Waals surface area contributed by atoms with E-state index in [2.05, 4.69) is 6.92 Å². The van der Waals surface area contributed by atoms with Crippen LogP contribution in [0.1, 0.15) is 40.2 Å². The van der Waals surface area contributed by atoms with Gasteiger partial charge in [0, 0.05) is 11.8 Å². The Hall–Kier alpha value is -3.86. The van der Waals surface area contributed by atoms with Gasteiger partial charge in [-0.25, -0.2) is 0 Å². The van der Waals surface area contributed by atoms with E-state index in [-0.39, 0.29) is 17.1 Å². The molecule has 5 nitrogen and oxygen atoms in total. The van der Waals surface area contributed by atoms with Gasteiger partial charge in [-0.3, -0.25) is 14.5 Å². The summed E-state index contributed by atoms with van der Waals surface area (Å²) in [7, 11) is 1.58. The zero-order valence-corrected chi connectivity index (χ0v) is 17.3. The highest BCUT2D eigenvalue weighted by Crippen LogP contribution is 2.41. The number of methoxy groups -OCH3 is 1. The van der Waals surface area contributed by atoms with E-state index >= 15 is 0 Å². The molecule has 1 aliphatic rings. The van der Waals surface area contributed by atoms with Crippen molar-refractivity contribution < 1.29 is 13.9 Å². The number of anilines is 1. The molecule has 1 atom stereocenters. The van der Waals surface area contributed by atoms with Crippen molar-refractivity contribution in [2.45, 2.75) is 19.4 Å². The molecule has 3 aromatic carbocycles. The lowest BCUT2D eigenvalue weighted by Crippen LogP contribution is -2.29. The standard InChI is InChI=1S/C26H21NO4/c1-3-16-11-13-17(14-12-16)23-22-24(28)20-9-4-5-10-21(20)31-25(22)26(29)27(23)18-7-6-8-19(15-18)30-2/h4-15,23H,3H2,1-2H3. The molecule has 4 aromatic rings. The second-order valence-corrected chi connectivity index (χ2v) is 7.54. The van der Waals surface area contributed by atoms with Crippen LogP contribution in [-0.2, 0) is 6.42 Å². The summed E-state index contributed by atoms with van der Waals surface area (Å²) in [5.74, 6) is 0.387. The number of hydrogen-bond acceptors (Lipinski definition) is 4. The first-order valence-electron chi connectivity index (χ1n) is 10.2. The predicted molar refractivity (Wildman–Crippen MR) is 120 cm³/mol. The van der Waals surface area contributed by atoms with E-state index in [9.17, 15) is 9.59 Å². The molecule has 0 aliphatic carbocycles. The van der Waals surface area contributed by atoms with E-state index in [0.717, 1.165) is 12.0 Å². The molecule has 5 rings (SSSR count). The van der Waals surface area contributed by atoms with Gasteiger partial charge < -0.3 is 9.15 Å². The normalized spacial score (nSPS) is 15.4. The summed E-state index contributed by atoms with van der Waals surface area (Å²) in [6, 6.07) is 21.8. The second kappa shape index (κ2) is 7.43. The Bertz CT molecular complexity index is 1350. The average Bonchev–Trinajstić information content (AvgIpc) is 3.12. The van der Waals surface area contributed by atoms with E-state index in [0.29, 0.717) is 28.0 Å². The summed E-state index contributed by atoms with van der Waals surface area (Å²) >= 11 is 0. The fraction of sp³-hybridized carbons (Fsp3) is 0.154. The first-order chi connectivity index (χ1) is 15.1. The van der Waals surface area contributed by atoms with Crippen LogP contribution in [0.15, 0.2) is 82.0 Å². The number of fused-ring (bicyclic) bond motifs is 2. The SMILES string of the molecule is CCc1ccc(C2c3c(oc4ccccc4c3=O)C(=O)N2c2cccc(OC)c2)cc1. The number of amides is 1. The van der Waals surface area contributed by atoms with Crippen molar-refractivity contribution in [1.82, 2.24) is 0 Å². The van der Waals surface area contributed by atoms with Crippen molar-refractivity contribution in [2.24, 2.45) is 0 Å². The number of aryl methyl sites for hydroxylation is 1. The Balaban J connectivity index is 1.78. The Morgan fingerprint density at radius 1 is 0.968 bits per heavy atom. The molecule has 1 aliphatic heterocycles. The molecule has 0 bridgehead atoms. The molecular formula is C26H21NO4. The molecule has 31 heavy (non-hydrogen) atoms. The number of nitrogens with zero attached hydrogens (tertiary/aromatic N) is 1. The van der Waals surface area contributed by atoms with Gasteiger partial charge in [0.1, 0.15) is 11.3 Å². The van der Waals surface area contributed by atoms with Crippen LogP contribution in [0.2, 0.25) is 0 Å². The maximum atomic E-state index is 13.6. The summed E-state index contributed by atoms with van der Waals surface area (Å²) in [5.41, 5.74) is 3.29. The van der Waals surface area contributed by atoms with E-state index in [4.69, 9.17) is 9.15 Å². The van der Waals surface area contributed by atoms with Crippen molar-refractivity contribution >= 4 is 22.6 Å². The largest absolute Gasteiger partial charge is 0.497 e. The van der Waals surface area contributed by atoms with Gasteiger partial charge in [0.2, 0.25) is 5.76 Å². The van der Waals surface area contributed by atoms with Crippen molar-refractivity contribution in [3.8, 4) is 5.75 Å². The average molecular weight is 411 g/mol. The Morgan fingerprint density at radius 3 is 2.48 bits per heavy atom. The highest BCUT2D eigenvalue weighted by Gasteiger charge is 2.43. The Morgan fingerprint density at radius 2 is 1.74 bits per heavy atom. The molecule has 154 valence electrons. The van der Waals surface area contributed by atoms with Gasteiger partial charge in [-0.05, 0) is 41.8 Å². The van der Waals surface area contributed by atoms with Gasteiger partial charge >= 0.3 is 0 Å². The fourth-order valence-electron chi connectivity index (χ4n) is 4.20. The predicted octanol–water partition coefficient (Wildman–Crippen LogP) is 5.11. The lowest BCUT2D eigenvalue weighted by atomic mass is 9.97. The molecule has 1 amide bonds. The fourth-order valence-corrected chi connectivity index (χ4v) is 4.20. The van der Waals surface area contributed by atoms with Gasteiger partial charge in [-0.1, -0.05) is 49.4 Å². The van der Waals surface area contributed by atoms with Crippen LogP contribution in [-0.4, -0.2) is 13.0 Å². The minimum absolute atomic E-state index is 0.0936. The van der Waals surface area contributed by atoms with Crippen LogP contribution in [0, 0.1) is 0 Å². The molecule has 0 saturated carbocycles. The molecule has 0 fully saturated rings. The van der Waals surface area contributed by atoms with Crippen molar-refractivity contribution in [1.29, 1.82) is 0 Å². The smallest absolute Gasteiger partial charge is 0.295 e. The molecule has 0 saturated heterocycles. The quantitative estimate of drug-likeness (QED) is 0.468. The number of hydrogen-bond donors (Lipinski definition) is 0. The van der Waals surface area contributed by atoms with E-state index in [1.807, 2.05) is 42.5 Å². The number of benzene rings is 3. The minimum atomic E-state index is -0.582. The topological polar surface area (TPSA) is 59.8 Å². The number of ether oxygens (including phenoxy) is 1. The minimum Gasteiger partial charge on any atom is -0.497 e. The first-order valence-corrected chi connectivity index (χ1v) is 10.2. The molecule has 0 spiro atoms. The summed E-state index contributed by atoms with van der Waals surface area (Å²) in [6.45, 7) is 2.09. The Labute approximate surface area is 179 Å². The van der Waals surface area contributed by atoms with Crippen molar-refractivity contribution in [2.75, 3.05) is 12.0 Å². The van der Waals surface area contributed by atoms with Gasteiger partial charge in [-0.2, -0.15) is 0 Å². The maximum absolute atomic E-state index is 13.6. The number of carbonyl (C=O) groups is 1. The van der Waals surface area contributed by atoms with Crippen LogP contribution in [0.25, 0.3) is 11.0 Å². The third-order valence-electron chi connectivity index (χ3n) is 5.81. The molecule has 0 N–H and O–H groups in total. The van der Waals surface area contributed by atoms with Crippen LogP contribution in [0.4, 0.5) is 5.69 Å².